The van der Waals surface area contributed by atoms with Crippen molar-refractivity contribution in [2.45, 2.75) is 27.3 Å². The van der Waals surface area contributed by atoms with E-state index in [1.807, 2.05) is 85.1 Å². The van der Waals surface area contributed by atoms with Gasteiger partial charge >= 0.3 is 0 Å². The maximum Gasteiger partial charge on any atom is 0.262 e. The first-order chi connectivity index (χ1) is 14.9. The van der Waals surface area contributed by atoms with Crippen LogP contribution >= 0.6 is 0 Å². The van der Waals surface area contributed by atoms with Crippen LogP contribution in [0, 0.1) is 25.2 Å². The number of hydrogen-bond acceptors (Lipinski definition) is 3. The smallest absolute Gasteiger partial charge is 0.262 e. The van der Waals surface area contributed by atoms with E-state index in [1.54, 1.807) is 6.08 Å². The lowest BCUT2D eigenvalue weighted by Gasteiger charge is -2.11. The van der Waals surface area contributed by atoms with Gasteiger partial charge in [-0.3, -0.25) is 9.59 Å². The van der Waals surface area contributed by atoms with Crippen LogP contribution in [0.15, 0.2) is 66.2 Å². The van der Waals surface area contributed by atoms with Crippen LogP contribution in [0.5, 0.6) is 0 Å². The predicted octanol–water partition coefficient (Wildman–Crippen LogP) is 4.28. The van der Waals surface area contributed by atoms with Crippen molar-refractivity contribution in [3.63, 3.8) is 0 Å². The van der Waals surface area contributed by atoms with E-state index in [0.717, 1.165) is 33.9 Å². The van der Waals surface area contributed by atoms with Gasteiger partial charge in [-0.25, -0.2) is 0 Å². The Hall–Kier alpha value is -4.11. The average Bonchev–Trinajstić information content (AvgIpc) is 3.04. The summed E-state index contributed by atoms with van der Waals surface area (Å²) in [6.07, 6.45) is 1.62. The van der Waals surface area contributed by atoms with Crippen LogP contribution in [0.1, 0.15) is 29.4 Å². The van der Waals surface area contributed by atoms with Gasteiger partial charge < -0.3 is 15.2 Å². The van der Waals surface area contributed by atoms with Gasteiger partial charge in [-0.15, -0.1) is 0 Å². The van der Waals surface area contributed by atoms with Crippen molar-refractivity contribution in [3.05, 3.63) is 88.8 Å². The fourth-order valence-corrected chi connectivity index (χ4v) is 3.41. The molecule has 0 spiro atoms. The average molecular weight is 412 g/mol. The number of benzene rings is 2. The van der Waals surface area contributed by atoms with E-state index in [0.29, 0.717) is 6.54 Å². The summed E-state index contributed by atoms with van der Waals surface area (Å²) in [5.74, 6) is -0.529. The second-order valence-corrected chi connectivity index (χ2v) is 7.23. The van der Waals surface area contributed by atoms with E-state index in [2.05, 4.69) is 10.6 Å². The van der Waals surface area contributed by atoms with Crippen LogP contribution in [0.2, 0.25) is 0 Å². The maximum absolute atomic E-state index is 12.5. The molecule has 0 saturated carbocycles. The predicted molar refractivity (Wildman–Crippen MR) is 121 cm³/mol. The molecule has 6 nitrogen and oxygen atoms in total. The standard InChI is InChI=1S/C25H24N4O2/c1-17-13-21(14-22(15-26)25(31)27-16-20-7-5-4-6-8-20)18(2)29(17)24-11-9-23(10-12-24)28-19(3)30/h4-14H,16H2,1-3H3,(H,27,31)(H,28,30)/b22-14-. The molecule has 0 aliphatic rings. The van der Waals surface area contributed by atoms with Crippen molar-refractivity contribution in [1.29, 1.82) is 5.26 Å². The SMILES string of the molecule is CC(=O)Nc1ccc(-n2c(C)cc(/C=C(/C#N)C(=O)NCc3ccccc3)c2C)cc1. The van der Waals surface area contributed by atoms with E-state index >= 15 is 0 Å². The number of anilines is 1. The molecule has 1 aromatic heterocycles. The molecular formula is C25H24N4O2. The molecule has 156 valence electrons. The monoisotopic (exact) mass is 412 g/mol. The molecule has 3 rings (SSSR count). The van der Waals surface area contributed by atoms with Gasteiger partial charge in [-0.05, 0) is 61.4 Å². The number of nitrogens with zero attached hydrogens (tertiary/aromatic N) is 2. The van der Waals surface area contributed by atoms with Crippen molar-refractivity contribution in [2.24, 2.45) is 0 Å². The fraction of sp³-hybridized carbons (Fsp3) is 0.160. The van der Waals surface area contributed by atoms with Gasteiger partial charge in [0, 0.05) is 36.2 Å². The molecule has 31 heavy (non-hydrogen) atoms. The second-order valence-electron chi connectivity index (χ2n) is 7.23. The number of amides is 2. The molecule has 0 radical (unpaired) electrons. The van der Waals surface area contributed by atoms with Crippen molar-refractivity contribution >= 4 is 23.6 Å². The van der Waals surface area contributed by atoms with Gasteiger partial charge in [0.1, 0.15) is 11.6 Å². The molecule has 3 aromatic rings. The number of nitrogens with one attached hydrogen (secondary N) is 2. The number of carbonyl (C=O) groups excluding carboxylic acids is 2. The summed E-state index contributed by atoms with van der Waals surface area (Å²) in [7, 11) is 0. The zero-order chi connectivity index (χ0) is 22.4. The molecule has 0 bridgehead atoms. The Morgan fingerprint density at radius 1 is 1.06 bits per heavy atom. The van der Waals surface area contributed by atoms with Gasteiger partial charge in [0.05, 0.1) is 0 Å². The molecule has 6 heteroatoms. The van der Waals surface area contributed by atoms with E-state index < -0.39 is 5.91 Å². The molecular weight excluding hydrogens is 388 g/mol. The zero-order valence-electron chi connectivity index (χ0n) is 17.8. The van der Waals surface area contributed by atoms with Crippen molar-refractivity contribution in [1.82, 2.24) is 9.88 Å². The van der Waals surface area contributed by atoms with Crippen LogP contribution in [-0.2, 0) is 16.1 Å². The number of rotatable bonds is 6. The van der Waals surface area contributed by atoms with Gasteiger partial charge in [0.15, 0.2) is 0 Å². The summed E-state index contributed by atoms with van der Waals surface area (Å²) in [6, 6.07) is 21.0. The van der Waals surface area contributed by atoms with E-state index in [4.69, 9.17) is 0 Å². The fourth-order valence-electron chi connectivity index (χ4n) is 3.41. The minimum atomic E-state index is -0.407. The third-order valence-electron chi connectivity index (χ3n) is 4.88. The van der Waals surface area contributed by atoms with Crippen LogP contribution in [0.4, 0.5) is 5.69 Å². The number of hydrogen-bond donors (Lipinski definition) is 2. The van der Waals surface area contributed by atoms with E-state index in [-0.39, 0.29) is 11.5 Å². The van der Waals surface area contributed by atoms with Crippen LogP contribution in [0.25, 0.3) is 11.8 Å². The summed E-state index contributed by atoms with van der Waals surface area (Å²) in [5, 5.41) is 15.1. The Morgan fingerprint density at radius 2 is 1.74 bits per heavy atom. The highest BCUT2D eigenvalue weighted by Gasteiger charge is 2.14. The van der Waals surface area contributed by atoms with E-state index in [1.165, 1.54) is 6.92 Å². The molecule has 2 N–H and O–H groups in total. The summed E-state index contributed by atoms with van der Waals surface area (Å²) in [4.78, 5) is 23.7. The molecule has 0 aliphatic heterocycles. The molecule has 2 aromatic carbocycles. The largest absolute Gasteiger partial charge is 0.347 e. The number of carbonyl (C=O) groups is 2. The number of aryl methyl sites for hydroxylation is 1. The lowest BCUT2D eigenvalue weighted by Crippen LogP contribution is -2.23. The Labute approximate surface area is 181 Å². The lowest BCUT2D eigenvalue weighted by atomic mass is 10.1. The molecule has 0 atom stereocenters. The van der Waals surface area contributed by atoms with Crippen LogP contribution in [-0.4, -0.2) is 16.4 Å². The third-order valence-corrected chi connectivity index (χ3v) is 4.88. The van der Waals surface area contributed by atoms with Crippen LogP contribution in [0.3, 0.4) is 0 Å². The second kappa shape index (κ2) is 9.59. The first kappa shape index (κ1) is 21.6. The highest BCUT2D eigenvalue weighted by Crippen LogP contribution is 2.24. The minimum Gasteiger partial charge on any atom is -0.347 e. The molecule has 0 unspecified atom stereocenters. The summed E-state index contributed by atoms with van der Waals surface area (Å²) < 4.78 is 2.04. The normalized spacial score (nSPS) is 11.0. The summed E-state index contributed by atoms with van der Waals surface area (Å²) in [5.41, 5.74) is 5.35. The Balaban J connectivity index is 1.82. The van der Waals surface area contributed by atoms with Gasteiger partial charge in [-0.1, -0.05) is 30.3 Å². The number of aromatic nitrogens is 1. The Bertz CT molecular complexity index is 1170. The quantitative estimate of drug-likeness (QED) is 0.468. The number of nitriles is 1. The molecule has 0 fully saturated rings. The molecule has 0 saturated heterocycles. The molecule has 0 aliphatic carbocycles. The van der Waals surface area contributed by atoms with Gasteiger partial charge in [-0.2, -0.15) is 5.26 Å². The molecule has 2 amide bonds. The first-order valence-electron chi connectivity index (χ1n) is 9.90. The minimum absolute atomic E-state index is 0.0530. The highest BCUT2D eigenvalue weighted by atomic mass is 16.2. The van der Waals surface area contributed by atoms with Gasteiger partial charge in [0.2, 0.25) is 5.91 Å². The lowest BCUT2D eigenvalue weighted by molar-refractivity contribution is -0.117. The van der Waals surface area contributed by atoms with Crippen molar-refractivity contribution in [3.8, 4) is 11.8 Å². The first-order valence-corrected chi connectivity index (χ1v) is 9.90. The van der Waals surface area contributed by atoms with Crippen molar-refractivity contribution < 1.29 is 9.59 Å². The maximum atomic E-state index is 12.5. The summed E-state index contributed by atoms with van der Waals surface area (Å²) >= 11 is 0. The molecule has 1 heterocycles. The third kappa shape index (κ3) is 5.28. The Kier molecular flexibility index (Phi) is 6.68. The zero-order valence-corrected chi connectivity index (χ0v) is 17.8. The van der Waals surface area contributed by atoms with Gasteiger partial charge in [0.25, 0.3) is 5.91 Å². The Morgan fingerprint density at radius 3 is 2.35 bits per heavy atom. The van der Waals surface area contributed by atoms with Crippen LogP contribution < -0.4 is 10.6 Å². The van der Waals surface area contributed by atoms with Crippen molar-refractivity contribution in [2.75, 3.05) is 5.32 Å². The topological polar surface area (TPSA) is 86.9 Å². The highest BCUT2D eigenvalue weighted by molar-refractivity contribution is 6.01. The van der Waals surface area contributed by atoms with E-state index in [9.17, 15) is 14.9 Å². The summed E-state index contributed by atoms with van der Waals surface area (Å²) in [6.45, 7) is 5.74.